The van der Waals surface area contributed by atoms with Gasteiger partial charge in [-0.05, 0) is 42.7 Å². The van der Waals surface area contributed by atoms with E-state index in [4.69, 9.17) is 4.74 Å². The molecule has 0 aliphatic heterocycles. The van der Waals surface area contributed by atoms with Gasteiger partial charge in [-0.2, -0.15) is 0 Å². The first kappa shape index (κ1) is 13.9. The normalized spacial score (nSPS) is 25.8. The molecule has 1 aromatic rings. The van der Waals surface area contributed by atoms with Gasteiger partial charge in [0.1, 0.15) is 5.75 Å². The van der Waals surface area contributed by atoms with E-state index < -0.39 is 5.97 Å². The fourth-order valence-corrected chi connectivity index (χ4v) is 3.27. The van der Waals surface area contributed by atoms with Gasteiger partial charge in [0.15, 0.2) is 0 Å². The molecule has 0 saturated heterocycles. The molecule has 19 heavy (non-hydrogen) atoms. The molecule has 1 aliphatic carbocycles. The van der Waals surface area contributed by atoms with Crippen molar-refractivity contribution in [2.75, 3.05) is 0 Å². The Bertz CT molecular complexity index is 465. The number of carboxylic acids is 1. The summed E-state index contributed by atoms with van der Waals surface area (Å²) < 4.78 is 5.93. The standard InChI is InChI=1S/C16H22O3/c1-11-8-12(10-16(2,3)9-11)19-14-7-5-4-6-13(14)15(17)18/h4-7,11-12H,8-10H2,1-3H3,(H,17,18)/p-1. The molecule has 3 nitrogen and oxygen atoms in total. The van der Waals surface area contributed by atoms with Gasteiger partial charge >= 0.3 is 0 Å². The summed E-state index contributed by atoms with van der Waals surface area (Å²) in [6.07, 6.45) is 3.21. The van der Waals surface area contributed by atoms with Gasteiger partial charge in [0.25, 0.3) is 0 Å². The van der Waals surface area contributed by atoms with Crippen LogP contribution < -0.4 is 9.84 Å². The van der Waals surface area contributed by atoms with E-state index in [2.05, 4.69) is 20.8 Å². The molecule has 2 rings (SSSR count). The van der Waals surface area contributed by atoms with Crippen molar-refractivity contribution < 1.29 is 14.6 Å². The smallest absolute Gasteiger partial charge is 0.128 e. The second kappa shape index (κ2) is 5.24. The van der Waals surface area contributed by atoms with Crippen LogP contribution in [0.2, 0.25) is 0 Å². The Morgan fingerprint density at radius 2 is 2.00 bits per heavy atom. The summed E-state index contributed by atoms with van der Waals surface area (Å²) in [6.45, 7) is 6.70. The molecule has 0 N–H and O–H groups in total. The molecule has 2 unspecified atom stereocenters. The Kier molecular flexibility index (Phi) is 3.83. The number of para-hydroxylation sites is 1. The summed E-state index contributed by atoms with van der Waals surface area (Å²) in [6, 6.07) is 6.71. The first-order chi connectivity index (χ1) is 8.87. The lowest BCUT2D eigenvalue weighted by atomic mass is 9.71. The minimum absolute atomic E-state index is 0.0826. The SMILES string of the molecule is CC1CC(Oc2ccccc2C(=O)[O-])CC(C)(C)C1. The maximum Gasteiger partial charge on any atom is 0.128 e. The van der Waals surface area contributed by atoms with Gasteiger partial charge in [0, 0.05) is 5.56 Å². The average Bonchev–Trinajstić information content (AvgIpc) is 2.26. The minimum atomic E-state index is -1.18. The van der Waals surface area contributed by atoms with Crippen LogP contribution in [0, 0.1) is 11.3 Å². The maximum absolute atomic E-state index is 11.1. The molecule has 0 heterocycles. The van der Waals surface area contributed by atoms with Crippen molar-refractivity contribution in [1.29, 1.82) is 0 Å². The predicted molar refractivity (Wildman–Crippen MR) is 72.0 cm³/mol. The number of benzene rings is 1. The number of hydrogen-bond donors (Lipinski definition) is 0. The van der Waals surface area contributed by atoms with Crippen molar-refractivity contribution in [3.05, 3.63) is 29.8 Å². The maximum atomic E-state index is 11.1. The van der Waals surface area contributed by atoms with Crippen molar-refractivity contribution in [2.24, 2.45) is 11.3 Å². The number of hydrogen-bond acceptors (Lipinski definition) is 3. The van der Waals surface area contributed by atoms with Crippen LogP contribution in [0.4, 0.5) is 0 Å². The quantitative estimate of drug-likeness (QED) is 0.840. The number of carbonyl (C=O) groups is 1. The first-order valence-corrected chi connectivity index (χ1v) is 6.84. The van der Waals surface area contributed by atoms with Crippen LogP contribution in [0.1, 0.15) is 50.4 Å². The van der Waals surface area contributed by atoms with Crippen LogP contribution in [0.5, 0.6) is 5.75 Å². The minimum Gasteiger partial charge on any atom is -0.545 e. The van der Waals surface area contributed by atoms with Gasteiger partial charge in [0.2, 0.25) is 0 Å². The molecule has 1 fully saturated rings. The number of ether oxygens (including phenoxy) is 1. The Balaban J connectivity index is 2.15. The highest BCUT2D eigenvalue weighted by Gasteiger charge is 2.33. The Morgan fingerprint density at radius 3 is 2.63 bits per heavy atom. The largest absolute Gasteiger partial charge is 0.545 e. The lowest BCUT2D eigenvalue weighted by Gasteiger charge is -2.39. The van der Waals surface area contributed by atoms with E-state index in [9.17, 15) is 9.90 Å². The van der Waals surface area contributed by atoms with Crippen molar-refractivity contribution in [1.82, 2.24) is 0 Å². The molecule has 0 spiro atoms. The zero-order valence-electron chi connectivity index (χ0n) is 11.8. The molecule has 0 radical (unpaired) electrons. The molecule has 2 atom stereocenters. The first-order valence-electron chi connectivity index (χ1n) is 6.84. The summed E-state index contributed by atoms with van der Waals surface area (Å²) >= 11 is 0. The molecule has 1 aromatic carbocycles. The third kappa shape index (κ3) is 3.49. The molecule has 0 amide bonds. The Labute approximate surface area is 114 Å². The monoisotopic (exact) mass is 261 g/mol. The van der Waals surface area contributed by atoms with E-state index in [1.165, 1.54) is 12.5 Å². The molecule has 1 saturated carbocycles. The number of aromatic carboxylic acids is 1. The van der Waals surface area contributed by atoms with Crippen molar-refractivity contribution >= 4 is 5.97 Å². The second-order valence-corrected chi connectivity index (χ2v) is 6.44. The predicted octanol–water partition coefficient (Wildman–Crippen LogP) is 2.64. The van der Waals surface area contributed by atoms with Crippen LogP contribution in [-0.4, -0.2) is 12.1 Å². The highest BCUT2D eigenvalue weighted by Crippen LogP contribution is 2.40. The third-order valence-corrected chi connectivity index (χ3v) is 3.75. The van der Waals surface area contributed by atoms with Gasteiger partial charge in [-0.1, -0.05) is 32.9 Å². The van der Waals surface area contributed by atoms with E-state index in [-0.39, 0.29) is 17.1 Å². The highest BCUT2D eigenvalue weighted by molar-refractivity contribution is 5.89. The molecular formula is C16H21O3-. The summed E-state index contributed by atoms with van der Waals surface area (Å²) in [4.78, 5) is 11.1. The summed E-state index contributed by atoms with van der Waals surface area (Å²) in [5.74, 6) is -0.153. The van der Waals surface area contributed by atoms with Crippen LogP contribution in [0.15, 0.2) is 24.3 Å². The molecule has 104 valence electrons. The number of rotatable bonds is 3. The third-order valence-electron chi connectivity index (χ3n) is 3.75. The lowest BCUT2D eigenvalue weighted by molar-refractivity contribution is -0.255. The molecule has 1 aliphatic rings. The molecule has 3 heteroatoms. The van der Waals surface area contributed by atoms with Crippen molar-refractivity contribution in [2.45, 2.75) is 46.1 Å². The van der Waals surface area contributed by atoms with E-state index >= 15 is 0 Å². The fourth-order valence-electron chi connectivity index (χ4n) is 3.27. The average molecular weight is 261 g/mol. The van der Waals surface area contributed by atoms with Crippen molar-refractivity contribution in [3.8, 4) is 5.75 Å². The molecular weight excluding hydrogens is 240 g/mol. The summed E-state index contributed by atoms with van der Waals surface area (Å²) in [5.41, 5.74) is 0.386. The van der Waals surface area contributed by atoms with Gasteiger partial charge in [-0.15, -0.1) is 0 Å². The summed E-state index contributed by atoms with van der Waals surface area (Å²) in [7, 11) is 0. The highest BCUT2D eigenvalue weighted by atomic mass is 16.5. The summed E-state index contributed by atoms with van der Waals surface area (Å²) in [5, 5.41) is 11.1. The van der Waals surface area contributed by atoms with Crippen molar-refractivity contribution in [3.63, 3.8) is 0 Å². The lowest BCUT2D eigenvalue weighted by Crippen LogP contribution is -2.35. The van der Waals surface area contributed by atoms with E-state index in [0.29, 0.717) is 11.7 Å². The van der Waals surface area contributed by atoms with Crippen LogP contribution >= 0.6 is 0 Å². The Hall–Kier alpha value is -1.51. The van der Waals surface area contributed by atoms with Gasteiger partial charge in [-0.25, -0.2) is 0 Å². The Morgan fingerprint density at radius 1 is 1.32 bits per heavy atom. The second-order valence-electron chi connectivity index (χ2n) is 6.44. The van der Waals surface area contributed by atoms with Gasteiger partial charge < -0.3 is 14.6 Å². The van der Waals surface area contributed by atoms with Crippen LogP contribution in [0.25, 0.3) is 0 Å². The number of carbonyl (C=O) groups excluding carboxylic acids is 1. The zero-order valence-corrected chi connectivity index (χ0v) is 11.8. The topological polar surface area (TPSA) is 49.4 Å². The van der Waals surface area contributed by atoms with E-state index in [1.807, 2.05) is 0 Å². The van der Waals surface area contributed by atoms with E-state index in [0.717, 1.165) is 12.8 Å². The van der Waals surface area contributed by atoms with Gasteiger partial charge in [0.05, 0.1) is 12.1 Å². The number of carboxylic acid groups (broad SMARTS) is 1. The molecule has 0 aromatic heterocycles. The zero-order chi connectivity index (χ0) is 14.0. The van der Waals surface area contributed by atoms with Crippen LogP contribution in [-0.2, 0) is 0 Å². The van der Waals surface area contributed by atoms with Crippen LogP contribution in [0.3, 0.4) is 0 Å². The van der Waals surface area contributed by atoms with E-state index in [1.54, 1.807) is 18.2 Å². The van der Waals surface area contributed by atoms with Gasteiger partial charge in [-0.3, -0.25) is 0 Å². The molecule has 0 bridgehead atoms. The fraction of sp³-hybridized carbons (Fsp3) is 0.562.